The van der Waals surface area contributed by atoms with E-state index in [0.29, 0.717) is 6.61 Å². The first-order chi connectivity index (χ1) is 8.90. The normalized spacial score (nSPS) is 13.3. The first-order valence-electron chi connectivity index (χ1n) is 8.07. The van der Waals surface area contributed by atoms with Gasteiger partial charge in [-0.1, -0.05) is 66.7 Å². The van der Waals surface area contributed by atoms with E-state index in [-0.39, 0.29) is 17.3 Å². The Hall–Kier alpha value is -0.530. The number of rotatable bonds is 10. The number of carbonyl (C=O) groups excluding carboxylic acids is 1. The minimum absolute atomic E-state index is 0.00554. The van der Waals surface area contributed by atoms with Gasteiger partial charge < -0.3 is 4.74 Å². The molecule has 0 aromatic rings. The quantitative estimate of drug-likeness (QED) is 0.395. The van der Waals surface area contributed by atoms with E-state index in [1.54, 1.807) is 0 Å². The van der Waals surface area contributed by atoms with Crippen molar-refractivity contribution >= 4 is 5.97 Å². The van der Waals surface area contributed by atoms with Gasteiger partial charge in [-0.05, 0) is 24.7 Å². The van der Waals surface area contributed by atoms with Gasteiger partial charge in [-0.25, -0.2) is 0 Å². The lowest BCUT2D eigenvalue weighted by Crippen LogP contribution is -2.23. The molecule has 0 fully saturated rings. The van der Waals surface area contributed by atoms with Gasteiger partial charge in [-0.3, -0.25) is 4.79 Å². The summed E-state index contributed by atoms with van der Waals surface area (Å²) in [7, 11) is 0. The Morgan fingerprint density at radius 2 is 1.58 bits per heavy atom. The van der Waals surface area contributed by atoms with E-state index < -0.39 is 0 Å². The Bertz CT molecular complexity index is 228. The third kappa shape index (κ3) is 11.0. The second-order valence-electron chi connectivity index (χ2n) is 6.81. The van der Waals surface area contributed by atoms with Gasteiger partial charge in [0.05, 0.1) is 12.5 Å². The van der Waals surface area contributed by atoms with Crippen molar-refractivity contribution in [1.82, 2.24) is 0 Å². The van der Waals surface area contributed by atoms with Crippen LogP contribution in [0.3, 0.4) is 0 Å². The molecule has 0 aliphatic rings. The van der Waals surface area contributed by atoms with Crippen molar-refractivity contribution in [2.45, 2.75) is 86.0 Å². The Balaban J connectivity index is 3.71. The van der Waals surface area contributed by atoms with Gasteiger partial charge in [0.1, 0.15) is 0 Å². The van der Waals surface area contributed by atoms with Gasteiger partial charge in [0, 0.05) is 0 Å². The molecule has 0 heterocycles. The van der Waals surface area contributed by atoms with Gasteiger partial charge >= 0.3 is 5.97 Å². The maximum atomic E-state index is 12.0. The van der Waals surface area contributed by atoms with E-state index >= 15 is 0 Å². The van der Waals surface area contributed by atoms with Crippen LogP contribution in [0.4, 0.5) is 0 Å². The van der Waals surface area contributed by atoms with Gasteiger partial charge in [-0.2, -0.15) is 0 Å². The summed E-state index contributed by atoms with van der Waals surface area (Å²) in [6.07, 6.45) is 9.18. The third-order valence-corrected chi connectivity index (χ3v) is 3.43. The van der Waals surface area contributed by atoms with E-state index in [1.165, 1.54) is 32.1 Å². The maximum absolute atomic E-state index is 12.0. The summed E-state index contributed by atoms with van der Waals surface area (Å²) in [5.41, 5.74) is 0.194. The fourth-order valence-electron chi connectivity index (χ4n) is 2.31. The fourth-order valence-corrected chi connectivity index (χ4v) is 2.31. The standard InChI is InChI=1S/C17H34O2/c1-6-8-9-10-11-12-13-19-16(18)15(7-2)14-17(3,4)5/h15H,6-14H2,1-5H3. The van der Waals surface area contributed by atoms with Gasteiger partial charge in [0.15, 0.2) is 0 Å². The molecule has 0 aliphatic carbocycles. The molecular weight excluding hydrogens is 236 g/mol. The van der Waals surface area contributed by atoms with E-state index in [1.807, 2.05) is 0 Å². The lowest BCUT2D eigenvalue weighted by molar-refractivity contribution is -0.149. The molecule has 0 saturated heterocycles. The predicted octanol–water partition coefficient (Wildman–Crippen LogP) is 5.35. The van der Waals surface area contributed by atoms with E-state index in [0.717, 1.165) is 19.3 Å². The van der Waals surface area contributed by atoms with Crippen LogP contribution in [0.25, 0.3) is 0 Å². The van der Waals surface area contributed by atoms with Crippen LogP contribution in [-0.4, -0.2) is 12.6 Å². The Morgan fingerprint density at radius 1 is 1.00 bits per heavy atom. The maximum Gasteiger partial charge on any atom is 0.308 e. The minimum atomic E-state index is 0.00554. The van der Waals surface area contributed by atoms with Crippen LogP contribution in [0.1, 0.15) is 86.0 Å². The van der Waals surface area contributed by atoms with Crippen LogP contribution >= 0.6 is 0 Å². The Labute approximate surface area is 120 Å². The summed E-state index contributed by atoms with van der Waals surface area (Å²) in [4.78, 5) is 12.0. The topological polar surface area (TPSA) is 26.3 Å². The molecule has 0 aromatic carbocycles. The molecule has 1 unspecified atom stereocenters. The largest absolute Gasteiger partial charge is 0.465 e. The van der Waals surface area contributed by atoms with Crippen molar-refractivity contribution in [2.75, 3.05) is 6.61 Å². The molecule has 0 bridgehead atoms. The molecule has 1 atom stereocenters. The van der Waals surface area contributed by atoms with E-state index in [4.69, 9.17) is 4.74 Å². The Morgan fingerprint density at radius 3 is 2.11 bits per heavy atom. The number of esters is 1. The molecule has 2 heteroatoms. The number of unbranched alkanes of at least 4 members (excludes halogenated alkanes) is 5. The number of ether oxygens (including phenoxy) is 1. The minimum Gasteiger partial charge on any atom is -0.465 e. The summed E-state index contributed by atoms with van der Waals surface area (Å²) in [5.74, 6) is 0.0751. The lowest BCUT2D eigenvalue weighted by atomic mass is 9.83. The molecule has 0 saturated carbocycles. The molecular formula is C17H34O2. The molecule has 0 N–H and O–H groups in total. The summed E-state index contributed by atoms with van der Waals surface area (Å²) in [6, 6.07) is 0. The average Bonchev–Trinajstić information content (AvgIpc) is 2.33. The zero-order valence-electron chi connectivity index (χ0n) is 13.8. The first-order valence-corrected chi connectivity index (χ1v) is 8.07. The van der Waals surface area contributed by atoms with Gasteiger partial charge in [-0.15, -0.1) is 0 Å². The van der Waals surface area contributed by atoms with Gasteiger partial charge in [0.2, 0.25) is 0 Å². The second kappa shape index (κ2) is 10.3. The smallest absolute Gasteiger partial charge is 0.308 e. The van der Waals surface area contributed by atoms with Crippen LogP contribution in [0, 0.1) is 11.3 Å². The Kier molecular flexibility index (Phi) is 9.99. The lowest BCUT2D eigenvalue weighted by Gasteiger charge is -2.23. The third-order valence-electron chi connectivity index (χ3n) is 3.43. The molecule has 0 spiro atoms. The van der Waals surface area contributed by atoms with E-state index in [2.05, 4.69) is 34.6 Å². The molecule has 0 amide bonds. The van der Waals surface area contributed by atoms with Crippen LogP contribution < -0.4 is 0 Å². The van der Waals surface area contributed by atoms with Crippen LogP contribution in [0.5, 0.6) is 0 Å². The zero-order chi connectivity index (χ0) is 14.7. The first kappa shape index (κ1) is 18.5. The van der Waals surface area contributed by atoms with Crippen LogP contribution in [-0.2, 0) is 9.53 Å². The van der Waals surface area contributed by atoms with Crippen molar-refractivity contribution in [3.05, 3.63) is 0 Å². The van der Waals surface area contributed by atoms with Crippen molar-refractivity contribution in [3.63, 3.8) is 0 Å². The number of hydrogen-bond donors (Lipinski definition) is 0. The predicted molar refractivity (Wildman–Crippen MR) is 82.2 cm³/mol. The summed E-state index contributed by atoms with van der Waals surface area (Å²) in [6.45, 7) is 11.4. The highest BCUT2D eigenvalue weighted by Crippen LogP contribution is 2.27. The highest BCUT2D eigenvalue weighted by molar-refractivity contribution is 5.72. The molecule has 2 nitrogen and oxygen atoms in total. The molecule has 0 radical (unpaired) electrons. The van der Waals surface area contributed by atoms with Crippen molar-refractivity contribution in [1.29, 1.82) is 0 Å². The average molecular weight is 270 g/mol. The summed E-state index contributed by atoms with van der Waals surface area (Å²) in [5, 5.41) is 0. The highest BCUT2D eigenvalue weighted by Gasteiger charge is 2.24. The van der Waals surface area contributed by atoms with Crippen molar-refractivity contribution in [2.24, 2.45) is 11.3 Å². The second-order valence-corrected chi connectivity index (χ2v) is 6.81. The number of carbonyl (C=O) groups is 1. The summed E-state index contributed by atoms with van der Waals surface area (Å²) < 4.78 is 5.41. The van der Waals surface area contributed by atoms with Gasteiger partial charge in [0.25, 0.3) is 0 Å². The monoisotopic (exact) mass is 270 g/mol. The zero-order valence-corrected chi connectivity index (χ0v) is 13.8. The summed E-state index contributed by atoms with van der Waals surface area (Å²) >= 11 is 0. The molecule has 0 rings (SSSR count). The fraction of sp³-hybridized carbons (Fsp3) is 0.941. The SMILES string of the molecule is CCCCCCCCOC(=O)C(CC)CC(C)(C)C. The molecule has 19 heavy (non-hydrogen) atoms. The van der Waals surface area contributed by atoms with Crippen LogP contribution in [0.15, 0.2) is 0 Å². The highest BCUT2D eigenvalue weighted by atomic mass is 16.5. The molecule has 114 valence electrons. The number of hydrogen-bond acceptors (Lipinski definition) is 2. The van der Waals surface area contributed by atoms with Crippen molar-refractivity contribution in [3.8, 4) is 0 Å². The van der Waals surface area contributed by atoms with Crippen LogP contribution in [0.2, 0.25) is 0 Å². The molecule has 0 aromatic heterocycles. The molecule has 0 aliphatic heterocycles. The van der Waals surface area contributed by atoms with E-state index in [9.17, 15) is 4.79 Å². The van der Waals surface area contributed by atoms with Crippen molar-refractivity contribution < 1.29 is 9.53 Å².